The van der Waals surface area contributed by atoms with Crippen molar-refractivity contribution in [2.75, 3.05) is 13.1 Å². The Kier molecular flexibility index (Phi) is 4.53. The zero-order valence-electron chi connectivity index (χ0n) is 12.3. The molecule has 1 aromatic carbocycles. The van der Waals surface area contributed by atoms with Gasteiger partial charge in [-0.25, -0.2) is 22.8 Å². The summed E-state index contributed by atoms with van der Waals surface area (Å²) in [6.07, 6.45) is 3.06. The predicted octanol–water partition coefficient (Wildman–Crippen LogP) is 1.85. The van der Waals surface area contributed by atoms with Crippen LogP contribution in [0.4, 0.5) is 4.39 Å². The molecule has 1 saturated heterocycles. The Hall–Kier alpha value is -2.06. The van der Waals surface area contributed by atoms with E-state index in [-0.39, 0.29) is 23.6 Å². The Morgan fingerprint density at radius 2 is 1.87 bits per heavy atom. The average molecular weight is 337 g/mol. The lowest BCUT2D eigenvalue weighted by Crippen LogP contribution is -2.44. The number of piperidine rings is 1. The van der Waals surface area contributed by atoms with E-state index in [1.807, 2.05) is 0 Å². The van der Waals surface area contributed by atoms with Gasteiger partial charge in [0.2, 0.25) is 10.0 Å². The number of ether oxygens (including phenoxy) is 1. The van der Waals surface area contributed by atoms with E-state index in [1.54, 1.807) is 30.3 Å². The molecule has 1 aliphatic heterocycles. The number of aromatic nitrogens is 2. The molecule has 1 aliphatic rings. The van der Waals surface area contributed by atoms with Gasteiger partial charge in [-0.3, -0.25) is 0 Å². The molecule has 122 valence electrons. The van der Waals surface area contributed by atoms with Crippen LogP contribution in [0.1, 0.15) is 12.8 Å². The molecular weight excluding hydrogens is 321 g/mol. The zero-order valence-corrected chi connectivity index (χ0v) is 13.1. The lowest BCUT2D eigenvalue weighted by atomic mass is 10.1. The minimum atomic E-state index is -3.54. The van der Waals surface area contributed by atoms with Crippen LogP contribution in [0.25, 0.3) is 0 Å². The quantitative estimate of drug-likeness (QED) is 0.851. The van der Waals surface area contributed by atoms with Crippen molar-refractivity contribution in [1.29, 1.82) is 0 Å². The molecule has 0 radical (unpaired) electrons. The summed E-state index contributed by atoms with van der Waals surface area (Å²) in [6.45, 7) is 0.666. The number of benzene rings is 1. The highest BCUT2D eigenvalue weighted by atomic mass is 32.2. The minimum absolute atomic E-state index is 0.0513. The van der Waals surface area contributed by atoms with E-state index in [1.165, 1.54) is 4.31 Å². The van der Waals surface area contributed by atoms with Gasteiger partial charge in [-0.2, -0.15) is 4.31 Å². The summed E-state index contributed by atoms with van der Waals surface area (Å²) in [5, 5.41) is 0. The van der Waals surface area contributed by atoms with Gasteiger partial charge in [0.1, 0.15) is 6.10 Å². The highest BCUT2D eigenvalue weighted by molar-refractivity contribution is 7.89. The van der Waals surface area contributed by atoms with Crippen LogP contribution in [-0.4, -0.2) is 41.9 Å². The lowest BCUT2D eigenvalue weighted by molar-refractivity contribution is 0.119. The molecule has 0 amide bonds. The fourth-order valence-electron chi connectivity index (χ4n) is 2.47. The van der Waals surface area contributed by atoms with Crippen molar-refractivity contribution in [3.8, 4) is 6.01 Å². The molecule has 2 aromatic rings. The number of hydrogen-bond donors (Lipinski definition) is 0. The van der Waals surface area contributed by atoms with Gasteiger partial charge in [-0.1, -0.05) is 18.2 Å². The van der Waals surface area contributed by atoms with E-state index in [9.17, 15) is 12.8 Å². The van der Waals surface area contributed by atoms with Crippen molar-refractivity contribution in [3.05, 3.63) is 48.5 Å². The molecule has 0 bridgehead atoms. The average Bonchev–Trinajstić information content (AvgIpc) is 2.58. The second-order valence-corrected chi connectivity index (χ2v) is 7.18. The van der Waals surface area contributed by atoms with Crippen molar-refractivity contribution in [1.82, 2.24) is 14.3 Å². The standard InChI is InChI=1S/C15H16FN3O3S/c16-12-9-17-15(18-10-12)22-13-5-4-8-19(11-13)23(20,21)14-6-2-1-3-7-14/h1-3,6-7,9-10,13H,4-5,8,11H2/t13-/m1/s1. The first kappa shape index (κ1) is 15.8. The normalized spacial score (nSPS) is 19.4. The molecule has 3 rings (SSSR count). The van der Waals surface area contributed by atoms with Gasteiger partial charge in [0.25, 0.3) is 0 Å². The van der Waals surface area contributed by atoms with E-state index < -0.39 is 15.8 Å². The van der Waals surface area contributed by atoms with E-state index in [4.69, 9.17) is 4.74 Å². The first-order valence-corrected chi connectivity index (χ1v) is 8.69. The van der Waals surface area contributed by atoms with Crippen LogP contribution < -0.4 is 4.74 Å². The van der Waals surface area contributed by atoms with Gasteiger partial charge >= 0.3 is 6.01 Å². The molecule has 0 spiro atoms. The van der Waals surface area contributed by atoms with Crippen LogP contribution in [0, 0.1) is 5.82 Å². The Bertz CT molecular complexity index is 753. The van der Waals surface area contributed by atoms with Gasteiger partial charge in [0, 0.05) is 6.54 Å². The topological polar surface area (TPSA) is 72.4 Å². The Morgan fingerprint density at radius 3 is 2.57 bits per heavy atom. The highest BCUT2D eigenvalue weighted by Crippen LogP contribution is 2.22. The monoisotopic (exact) mass is 337 g/mol. The van der Waals surface area contributed by atoms with Crippen LogP contribution in [0.3, 0.4) is 0 Å². The summed E-state index contributed by atoms with van der Waals surface area (Å²) in [7, 11) is -3.54. The predicted molar refractivity (Wildman–Crippen MR) is 80.8 cm³/mol. The van der Waals surface area contributed by atoms with E-state index in [2.05, 4.69) is 9.97 Å². The first-order valence-electron chi connectivity index (χ1n) is 7.25. The second kappa shape index (κ2) is 6.59. The van der Waals surface area contributed by atoms with Gasteiger partial charge in [-0.15, -0.1) is 0 Å². The summed E-state index contributed by atoms with van der Waals surface area (Å²) in [6, 6.07) is 8.35. The molecule has 2 heterocycles. The molecule has 0 N–H and O–H groups in total. The number of hydrogen-bond acceptors (Lipinski definition) is 5. The molecule has 8 heteroatoms. The van der Waals surface area contributed by atoms with Crippen molar-refractivity contribution >= 4 is 10.0 Å². The SMILES string of the molecule is O=S(=O)(c1ccccc1)N1CCC[C@@H](Oc2ncc(F)cn2)C1. The number of rotatable bonds is 4. The third-order valence-electron chi connectivity index (χ3n) is 3.59. The Labute approximate surface area is 134 Å². The molecule has 1 fully saturated rings. The summed E-state index contributed by atoms with van der Waals surface area (Å²) in [5.41, 5.74) is 0. The smallest absolute Gasteiger partial charge is 0.316 e. The fourth-order valence-corrected chi connectivity index (χ4v) is 4.00. The fraction of sp³-hybridized carbons (Fsp3) is 0.333. The summed E-state index contributed by atoms with van der Waals surface area (Å²) in [4.78, 5) is 7.75. The molecule has 1 aromatic heterocycles. The molecule has 0 aliphatic carbocycles. The Morgan fingerprint density at radius 1 is 1.17 bits per heavy atom. The molecule has 0 unspecified atom stereocenters. The van der Waals surface area contributed by atoms with Crippen LogP contribution in [0.15, 0.2) is 47.6 Å². The van der Waals surface area contributed by atoms with Crippen LogP contribution in [-0.2, 0) is 10.0 Å². The third-order valence-corrected chi connectivity index (χ3v) is 5.47. The van der Waals surface area contributed by atoms with Crippen molar-refractivity contribution in [3.63, 3.8) is 0 Å². The van der Waals surface area contributed by atoms with Crippen molar-refractivity contribution in [2.24, 2.45) is 0 Å². The van der Waals surface area contributed by atoms with Gasteiger partial charge in [0.15, 0.2) is 5.82 Å². The largest absolute Gasteiger partial charge is 0.459 e. The molecular formula is C15H16FN3O3S. The molecule has 6 nitrogen and oxygen atoms in total. The van der Waals surface area contributed by atoms with Crippen LogP contribution in [0.2, 0.25) is 0 Å². The van der Waals surface area contributed by atoms with Crippen molar-refractivity contribution in [2.45, 2.75) is 23.8 Å². The van der Waals surface area contributed by atoms with Crippen molar-refractivity contribution < 1.29 is 17.5 Å². The molecule has 23 heavy (non-hydrogen) atoms. The summed E-state index contributed by atoms with van der Waals surface area (Å²) >= 11 is 0. The molecule has 1 atom stereocenters. The maximum atomic E-state index is 12.8. The lowest BCUT2D eigenvalue weighted by Gasteiger charge is -2.31. The highest BCUT2D eigenvalue weighted by Gasteiger charge is 2.31. The Balaban J connectivity index is 1.72. The minimum Gasteiger partial charge on any atom is -0.459 e. The maximum absolute atomic E-state index is 12.8. The number of nitrogens with zero attached hydrogens (tertiary/aromatic N) is 3. The summed E-state index contributed by atoms with van der Waals surface area (Å²) < 4.78 is 45.0. The zero-order chi connectivity index (χ0) is 16.3. The van der Waals surface area contributed by atoms with Gasteiger partial charge < -0.3 is 4.74 Å². The number of sulfonamides is 1. The van der Waals surface area contributed by atoms with Gasteiger partial charge in [0.05, 0.1) is 23.8 Å². The van der Waals surface area contributed by atoms with Crippen LogP contribution in [0.5, 0.6) is 6.01 Å². The molecule has 0 saturated carbocycles. The van der Waals surface area contributed by atoms with Gasteiger partial charge in [-0.05, 0) is 25.0 Å². The number of halogens is 1. The summed E-state index contributed by atoms with van der Waals surface area (Å²) in [5.74, 6) is -0.547. The van der Waals surface area contributed by atoms with E-state index in [0.29, 0.717) is 19.4 Å². The van der Waals surface area contributed by atoms with E-state index >= 15 is 0 Å². The third kappa shape index (κ3) is 3.65. The second-order valence-electron chi connectivity index (χ2n) is 5.24. The maximum Gasteiger partial charge on any atom is 0.316 e. The first-order chi connectivity index (χ1) is 11.1. The van der Waals surface area contributed by atoms with Crippen LogP contribution >= 0.6 is 0 Å². The van der Waals surface area contributed by atoms with E-state index in [0.717, 1.165) is 12.4 Å².